The Hall–Kier alpha value is -6.47. The molecule has 2 fully saturated rings. The number of halogens is 1. The predicted molar refractivity (Wildman–Crippen MR) is 258 cm³/mol. The number of thiophene rings is 1. The van der Waals surface area contributed by atoms with E-state index in [2.05, 4.69) is 27.8 Å². The van der Waals surface area contributed by atoms with Gasteiger partial charge in [-0.3, -0.25) is 24.6 Å². The van der Waals surface area contributed by atoms with Crippen LogP contribution >= 0.6 is 22.9 Å². The minimum atomic E-state index is -3.80. The van der Waals surface area contributed by atoms with Gasteiger partial charge in [-0.15, -0.1) is 11.3 Å². The number of amides is 5. The average molecular weight is 970 g/mol. The van der Waals surface area contributed by atoms with Gasteiger partial charge in [0.2, 0.25) is 21.8 Å². The third kappa shape index (κ3) is 10.1. The van der Waals surface area contributed by atoms with Crippen molar-refractivity contribution in [2.45, 2.75) is 75.7 Å². The standard InChI is InChI=1S/C48H49ClN6O10S2/c1-27(56)25-65-41-40(49)42(66-43(41)46(60)61)31-11-5-13-33(23-31)51-34-17-19-54(48(2,3)24-34)67(63,64)26-29-8-4-12-32(21-29)52-47(62)50-18-7-9-28-20-30-10-6-14-36-39(30)35(22-28)45(59)55(36)37-15-16-38(57)53-44(37)58/h4-6,8,10-14,20-23,34,37,51,56H,1,7,9,15-19,24-26H2,2-3H3,(H,60,61)(H2,50,52,62)(H,53,57,58)/t34-,37?/m0/s1. The second kappa shape index (κ2) is 19.0. The van der Waals surface area contributed by atoms with E-state index >= 15 is 0 Å². The number of ether oxygens (including phenoxy) is 1. The van der Waals surface area contributed by atoms with E-state index in [4.69, 9.17) is 16.3 Å². The zero-order valence-electron chi connectivity index (χ0n) is 36.7. The number of rotatable bonds is 16. The number of carboxylic acid groups (broad SMARTS) is 1. The summed E-state index contributed by atoms with van der Waals surface area (Å²) in [5.74, 6) is -2.93. The Morgan fingerprint density at radius 2 is 1.75 bits per heavy atom. The quantitative estimate of drug-likeness (QED) is 0.0315. The van der Waals surface area contributed by atoms with Crippen LogP contribution in [-0.2, 0) is 31.8 Å². The first-order chi connectivity index (χ1) is 31.9. The number of anilines is 3. The van der Waals surface area contributed by atoms with Crippen LogP contribution in [0.1, 0.15) is 77.1 Å². The molecule has 2 saturated heterocycles. The number of carbonyl (C=O) groups excluding carboxylic acids is 4. The molecule has 5 aromatic rings. The Labute approximate surface area is 396 Å². The molecular weight excluding hydrogens is 920 g/mol. The summed E-state index contributed by atoms with van der Waals surface area (Å²) in [4.78, 5) is 64.9. The maximum atomic E-state index is 14.0. The molecule has 2 atom stereocenters. The normalized spacial score (nSPS) is 18.1. The van der Waals surface area contributed by atoms with Crippen molar-refractivity contribution in [2.75, 3.05) is 35.2 Å². The van der Waals surface area contributed by atoms with E-state index < -0.39 is 39.5 Å². The van der Waals surface area contributed by atoms with Crippen LogP contribution in [0.4, 0.5) is 21.9 Å². The van der Waals surface area contributed by atoms with Gasteiger partial charge in [0.25, 0.3) is 5.91 Å². The van der Waals surface area contributed by atoms with Gasteiger partial charge in [0.05, 0.1) is 21.9 Å². The van der Waals surface area contributed by atoms with Gasteiger partial charge in [-0.25, -0.2) is 18.0 Å². The van der Waals surface area contributed by atoms with Crippen molar-refractivity contribution in [3.8, 4) is 16.2 Å². The van der Waals surface area contributed by atoms with Crippen LogP contribution in [0.15, 0.2) is 91.2 Å². The fraction of sp³-hybridized carbons (Fsp3) is 0.312. The molecule has 0 aliphatic carbocycles. The topological polar surface area (TPSA) is 224 Å². The highest BCUT2D eigenvalue weighted by molar-refractivity contribution is 7.88. The lowest BCUT2D eigenvalue weighted by molar-refractivity contribution is -0.134. The van der Waals surface area contributed by atoms with Gasteiger partial charge in [0.15, 0.2) is 10.6 Å². The van der Waals surface area contributed by atoms with Crippen molar-refractivity contribution in [1.29, 1.82) is 0 Å². The number of hydrogen-bond acceptors (Lipinski definition) is 11. The maximum Gasteiger partial charge on any atom is 0.349 e. The van der Waals surface area contributed by atoms with E-state index in [-0.39, 0.29) is 71.0 Å². The molecule has 19 heteroatoms. The molecule has 67 heavy (non-hydrogen) atoms. The van der Waals surface area contributed by atoms with Crippen LogP contribution in [0.25, 0.3) is 21.2 Å². The van der Waals surface area contributed by atoms with Crippen molar-refractivity contribution in [3.05, 3.63) is 118 Å². The molecule has 4 aromatic carbocycles. The molecule has 4 heterocycles. The first-order valence-electron chi connectivity index (χ1n) is 21.7. The Bertz CT molecular complexity index is 2960. The molecule has 350 valence electrons. The molecule has 8 rings (SSSR count). The zero-order chi connectivity index (χ0) is 47.8. The van der Waals surface area contributed by atoms with Crippen molar-refractivity contribution in [2.24, 2.45) is 0 Å². The number of benzene rings is 4. The smallest absolute Gasteiger partial charge is 0.349 e. The van der Waals surface area contributed by atoms with Crippen LogP contribution in [0.3, 0.4) is 0 Å². The summed E-state index contributed by atoms with van der Waals surface area (Å²) in [6.07, 6.45) is 2.55. The van der Waals surface area contributed by atoms with E-state index in [1.165, 1.54) is 9.21 Å². The molecule has 3 aliphatic rings. The number of hydrogen-bond donors (Lipinski definition) is 6. The Morgan fingerprint density at radius 1 is 0.985 bits per heavy atom. The molecule has 0 radical (unpaired) electrons. The molecule has 0 saturated carbocycles. The number of carboxylic acids is 1. The summed E-state index contributed by atoms with van der Waals surface area (Å²) in [5, 5.41) is 32.5. The number of piperidine rings is 2. The predicted octanol–water partition coefficient (Wildman–Crippen LogP) is 8.08. The number of aliphatic hydroxyl groups is 1. The van der Waals surface area contributed by atoms with E-state index in [0.717, 1.165) is 33.4 Å². The minimum Gasteiger partial charge on any atom is -0.509 e. The number of aryl methyl sites for hydroxylation is 1. The largest absolute Gasteiger partial charge is 0.509 e. The Morgan fingerprint density at radius 3 is 2.49 bits per heavy atom. The second-order valence-electron chi connectivity index (χ2n) is 17.5. The Kier molecular flexibility index (Phi) is 13.4. The third-order valence-corrected chi connectivity index (χ3v) is 15.8. The van der Waals surface area contributed by atoms with Gasteiger partial charge in [-0.2, -0.15) is 4.31 Å². The third-order valence-electron chi connectivity index (χ3n) is 12.0. The second-order valence-corrected chi connectivity index (χ2v) is 20.8. The number of imide groups is 1. The zero-order valence-corrected chi connectivity index (χ0v) is 39.1. The fourth-order valence-electron chi connectivity index (χ4n) is 9.17. The lowest BCUT2D eigenvalue weighted by atomic mass is 9.89. The van der Waals surface area contributed by atoms with Crippen LogP contribution < -0.4 is 30.9 Å². The monoisotopic (exact) mass is 968 g/mol. The van der Waals surface area contributed by atoms with Crippen LogP contribution in [0, 0.1) is 0 Å². The molecular formula is C48H49ClN6O10S2. The van der Waals surface area contributed by atoms with Gasteiger partial charge in [-0.05, 0) is 104 Å². The number of aromatic carboxylic acids is 1. The van der Waals surface area contributed by atoms with Crippen molar-refractivity contribution in [3.63, 3.8) is 0 Å². The van der Waals surface area contributed by atoms with Crippen molar-refractivity contribution in [1.82, 2.24) is 14.9 Å². The van der Waals surface area contributed by atoms with E-state index in [1.54, 1.807) is 30.3 Å². The van der Waals surface area contributed by atoms with Crippen LogP contribution in [-0.4, -0.2) is 90.0 Å². The number of nitrogens with zero attached hydrogens (tertiary/aromatic N) is 2. The molecule has 16 nitrogen and oxygen atoms in total. The molecule has 1 unspecified atom stereocenters. The number of aliphatic hydroxyl groups excluding tert-OH is 1. The lowest BCUT2D eigenvalue weighted by Crippen LogP contribution is -2.55. The summed E-state index contributed by atoms with van der Waals surface area (Å²) in [5.41, 5.74) is 3.64. The number of carbonyl (C=O) groups is 5. The van der Waals surface area contributed by atoms with Crippen molar-refractivity contribution >= 4 is 90.5 Å². The van der Waals surface area contributed by atoms with Crippen LogP contribution in [0.5, 0.6) is 5.75 Å². The number of urea groups is 1. The highest BCUT2D eigenvalue weighted by Gasteiger charge is 2.43. The number of nitrogens with one attached hydrogen (secondary N) is 4. The number of sulfonamides is 1. The summed E-state index contributed by atoms with van der Waals surface area (Å²) in [7, 11) is -3.80. The Balaban J connectivity index is 0.833. The molecule has 0 spiro atoms. The van der Waals surface area contributed by atoms with Gasteiger partial charge in [0, 0.05) is 47.9 Å². The fourth-order valence-corrected chi connectivity index (χ4v) is 12.5. The first kappa shape index (κ1) is 47.0. The lowest BCUT2D eigenvalue weighted by Gasteiger charge is -2.45. The first-order valence-corrected chi connectivity index (χ1v) is 24.5. The van der Waals surface area contributed by atoms with E-state index in [0.29, 0.717) is 65.2 Å². The average Bonchev–Trinajstić information content (AvgIpc) is 3.74. The SMILES string of the molecule is C=C(O)COc1c(C(=O)O)sc(-c2cccc(N[C@H]3CCN(S(=O)(=O)Cc4cccc(NC(=O)NCCCc5cc6c7c(cccc7c5)N(C5CCC(=O)NC5=O)C6=O)c4)C(C)(C)C3)c2)c1Cl. The van der Waals surface area contributed by atoms with Gasteiger partial charge < -0.3 is 30.9 Å². The molecule has 3 aliphatic heterocycles. The summed E-state index contributed by atoms with van der Waals surface area (Å²) < 4.78 is 35.0. The summed E-state index contributed by atoms with van der Waals surface area (Å²) >= 11 is 7.55. The van der Waals surface area contributed by atoms with Gasteiger partial charge in [0.1, 0.15) is 23.4 Å². The summed E-state index contributed by atoms with van der Waals surface area (Å²) in [6, 6.07) is 22.1. The van der Waals surface area contributed by atoms with E-state index in [9.17, 15) is 42.6 Å². The van der Waals surface area contributed by atoms with Gasteiger partial charge in [-0.1, -0.05) is 60.6 Å². The molecule has 1 aromatic heterocycles. The minimum absolute atomic E-state index is 0.0497. The molecule has 5 amide bonds. The van der Waals surface area contributed by atoms with Crippen LogP contribution in [0.2, 0.25) is 5.02 Å². The highest BCUT2D eigenvalue weighted by Crippen LogP contribution is 2.46. The highest BCUT2D eigenvalue weighted by atomic mass is 35.5. The van der Waals surface area contributed by atoms with Crippen molar-refractivity contribution < 1.29 is 47.3 Å². The maximum absolute atomic E-state index is 14.0. The molecule has 0 bridgehead atoms. The molecule has 6 N–H and O–H groups in total. The van der Waals surface area contributed by atoms with E-state index in [1.807, 2.05) is 62.4 Å². The van der Waals surface area contributed by atoms with Gasteiger partial charge >= 0.3 is 12.0 Å². The summed E-state index contributed by atoms with van der Waals surface area (Å²) in [6.45, 7) is 7.43.